The Bertz CT molecular complexity index is 995. The molecule has 9 heteroatoms. The molecule has 2 aromatic rings. The Morgan fingerprint density at radius 2 is 1.35 bits per heavy atom. The molecule has 9 nitrogen and oxygen atoms in total. The number of methoxy groups -OCH3 is 1. The molecule has 0 unspecified atom stereocenters. The third-order valence-electron chi connectivity index (χ3n) is 4.37. The van der Waals surface area contributed by atoms with Crippen LogP contribution in [-0.2, 0) is 0 Å². The van der Waals surface area contributed by atoms with E-state index < -0.39 is 12.1 Å². The lowest BCUT2D eigenvalue weighted by Crippen LogP contribution is -2.53. The molecule has 0 aromatic heterocycles. The van der Waals surface area contributed by atoms with E-state index in [4.69, 9.17) is 15.3 Å². The molecule has 0 saturated carbocycles. The highest BCUT2D eigenvalue weighted by molar-refractivity contribution is 5.95. The van der Waals surface area contributed by atoms with Gasteiger partial charge in [0.05, 0.1) is 50.9 Å². The molecule has 2 rings (SSSR count). The van der Waals surface area contributed by atoms with E-state index in [0.29, 0.717) is 17.1 Å². The Kier molecular flexibility index (Phi) is 8.69. The number of ether oxygens (including phenoxy) is 1. The minimum Gasteiger partial charge on any atom is -0.495 e. The smallest absolute Gasteiger partial charge is 0.340 e. The number of hydrogen-bond donors (Lipinski definition) is 2. The molecular weight excluding hydrogens is 396 g/mol. The third kappa shape index (κ3) is 6.38. The van der Waals surface area contributed by atoms with Crippen LogP contribution < -0.4 is 15.4 Å². The molecule has 4 amide bonds. The summed E-state index contributed by atoms with van der Waals surface area (Å²) in [6, 6.07) is 16.8. The zero-order valence-corrected chi connectivity index (χ0v) is 17.5. The Labute approximate surface area is 181 Å². The van der Waals surface area contributed by atoms with Gasteiger partial charge in [0.2, 0.25) is 0 Å². The summed E-state index contributed by atoms with van der Waals surface area (Å²) in [4.78, 5) is 26.1. The van der Waals surface area contributed by atoms with E-state index in [1.54, 1.807) is 36.4 Å². The molecule has 0 heterocycles. The normalized spacial score (nSPS) is 9.68. The topological polar surface area (TPSA) is 121 Å². The Morgan fingerprint density at radius 3 is 1.87 bits per heavy atom. The Hall–Kier alpha value is -4.24. The van der Waals surface area contributed by atoms with Crippen molar-refractivity contribution in [2.75, 3.05) is 30.8 Å². The summed E-state index contributed by atoms with van der Waals surface area (Å²) in [6.45, 7) is 1.78. The number of aryl methyl sites for hydroxylation is 1. The number of nitrogens with zero attached hydrogens (tertiary/aromatic N) is 4. The number of hydrazine groups is 1. The largest absolute Gasteiger partial charge is 0.495 e. The fourth-order valence-corrected chi connectivity index (χ4v) is 2.80. The lowest BCUT2D eigenvalue weighted by molar-refractivity contribution is 0.0624. The van der Waals surface area contributed by atoms with Crippen molar-refractivity contribution in [2.24, 2.45) is 0 Å². The number of urea groups is 2. The number of carbonyl (C=O) groups is 2. The molecule has 0 spiro atoms. The summed E-state index contributed by atoms with van der Waals surface area (Å²) in [6.07, 6.45) is 0.00618. The first-order valence-corrected chi connectivity index (χ1v) is 9.61. The van der Waals surface area contributed by atoms with Gasteiger partial charge in [0.1, 0.15) is 5.75 Å². The highest BCUT2D eigenvalue weighted by Crippen LogP contribution is 2.24. The van der Waals surface area contributed by atoms with Crippen molar-refractivity contribution in [1.82, 2.24) is 10.0 Å². The summed E-state index contributed by atoms with van der Waals surface area (Å²) < 4.78 is 5.25. The van der Waals surface area contributed by atoms with E-state index in [2.05, 4.69) is 10.6 Å². The van der Waals surface area contributed by atoms with Gasteiger partial charge in [0.15, 0.2) is 0 Å². The molecule has 0 saturated heterocycles. The van der Waals surface area contributed by atoms with Gasteiger partial charge in [-0.2, -0.15) is 10.5 Å². The summed E-state index contributed by atoms with van der Waals surface area (Å²) in [7, 11) is 1.48. The van der Waals surface area contributed by atoms with E-state index in [9.17, 15) is 9.59 Å². The van der Waals surface area contributed by atoms with E-state index in [1.807, 2.05) is 31.2 Å². The van der Waals surface area contributed by atoms with Gasteiger partial charge in [0.25, 0.3) is 0 Å². The van der Waals surface area contributed by atoms with Crippen molar-refractivity contribution in [2.45, 2.75) is 19.8 Å². The van der Waals surface area contributed by atoms with Gasteiger partial charge in [-0.25, -0.2) is 19.6 Å². The van der Waals surface area contributed by atoms with Crippen LogP contribution in [0.15, 0.2) is 48.5 Å². The van der Waals surface area contributed by atoms with E-state index in [0.717, 1.165) is 15.6 Å². The van der Waals surface area contributed by atoms with Crippen molar-refractivity contribution in [1.29, 1.82) is 10.5 Å². The number of amides is 4. The molecular formula is C22H24N6O3. The molecule has 0 aliphatic carbocycles. The summed E-state index contributed by atoms with van der Waals surface area (Å²) >= 11 is 0. The van der Waals surface area contributed by atoms with Crippen molar-refractivity contribution < 1.29 is 14.3 Å². The van der Waals surface area contributed by atoms with Crippen LogP contribution in [0.4, 0.5) is 21.0 Å². The molecule has 2 N–H and O–H groups in total. The molecule has 2 aromatic carbocycles. The molecule has 160 valence electrons. The third-order valence-corrected chi connectivity index (χ3v) is 4.37. The minimum atomic E-state index is -0.627. The molecule has 0 aliphatic rings. The molecule has 0 atom stereocenters. The number of carbonyl (C=O) groups excluding carboxylic acids is 2. The zero-order chi connectivity index (χ0) is 22.6. The number of hydrogen-bond acceptors (Lipinski definition) is 5. The van der Waals surface area contributed by atoms with Gasteiger partial charge in [0, 0.05) is 5.69 Å². The second-order valence-corrected chi connectivity index (χ2v) is 6.44. The van der Waals surface area contributed by atoms with Crippen molar-refractivity contribution in [3.63, 3.8) is 0 Å². The standard InChI is InChI=1S/C22H24N6O3/c1-17-9-3-4-10-18(17)25-21(29)27(15-7-13-23)28(16-8-14-24)22(30)26-19-11-5-6-12-20(19)31-2/h3-6,9-12H,7-8,15-16H2,1-2H3,(H,25,29)(H,26,30). The van der Waals surface area contributed by atoms with Crippen LogP contribution >= 0.6 is 0 Å². The average Bonchev–Trinajstić information content (AvgIpc) is 2.77. The van der Waals surface area contributed by atoms with Crippen LogP contribution in [0.5, 0.6) is 5.75 Å². The Balaban J connectivity index is 2.30. The zero-order valence-electron chi connectivity index (χ0n) is 17.5. The molecule has 0 bridgehead atoms. The summed E-state index contributed by atoms with van der Waals surface area (Å²) in [5.41, 5.74) is 1.84. The van der Waals surface area contributed by atoms with Crippen LogP contribution in [0.2, 0.25) is 0 Å². The maximum absolute atomic E-state index is 13.1. The lowest BCUT2D eigenvalue weighted by atomic mass is 10.2. The summed E-state index contributed by atoms with van der Waals surface area (Å²) in [5.74, 6) is 0.448. The first-order valence-electron chi connectivity index (χ1n) is 9.61. The fraction of sp³-hybridized carbons (Fsp3) is 0.273. The van der Waals surface area contributed by atoms with E-state index in [1.165, 1.54) is 7.11 Å². The molecule has 0 fully saturated rings. The average molecular weight is 420 g/mol. The molecule has 0 radical (unpaired) electrons. The number of para-hydroxylation sites is 3. The van der Waals surface area contributed by atoms with Gasteiger partial charge in [-0.05, 0) is 30.7 Å². The monoisotopic (exact) mass is 420 g/mol. The predicted octanol–water partition coefficient (Wildman–Crippen LogP) is 4.11. The number of benzene rings is 2. The van der Waals surface area contributed by atoms with Crippen LogP contribution in [0.25, 0.3) is 0 Å². The maximum atomic E-state index is 13.1. The fourth-order valence-electron chi connectivity index (χ4n) is 2.80. The van der Waals surface area contributed by atoms with Crippen molar-refractivity contribution in [3.05, 3.63) is 54.1 Å². The van der Waals surface area contributed by atoms with E-state index in [-0.39, 0.29) is 25.9 Å². The van der Waals surface area contributed by atoms with Crippen LogP contribution in [0.3, 0.4) is 0 Å². The Morgan fingerprint density at radius 1 is 0.871 bits per heavy atom. The van der Waals surface area contributed by atoms with Crippen LogP contribution in [0, 0.1) is 29.6 Å². The highest BCUT2D eigenvalue weighted by atomic mass is 16.5. The highest BCUT2D eigenvalue weighted by Gasteiger charge is 2.27. The second kappa shape index (κ2) is 11.7. The maximum Gasteiger partial charge on any atom is 0.340 e. The minimum absolute atomic E-state index is 0.0000426. The van der Waals surface area contributed by atoms with E-state index >= 15 is 0 Å². The van der Waals surface area contributed by atoms with Gasteiger partial charge < -0.3 is 15.4 Å². The van der Waals surface area contributed by atoms with Crippen LogP contribution in [0.1, 0.15) is 18.4 Å². The lowest BCUT2D eigenvalue weighted by Gasteiger charge is -2.34. The number of nitriles is 2. The van der Waals surface area contributed by atoms with Crippen LogP contribution in [-0.4, -0.2) is 42.3 Å². The predicted molar refractivity (Wildman–Crippen MR) is 116 cm³/mol. The number of anilines is 2. The van der Waals surface area contributed by atoms with Gasteiger partial charge in [-0.1, -0.05) is 30.3 Å². The first kappa shape index (κ1) is 23.0. The number of rotatable bonds is 7. The quantitative estimate of drug-likeness (QED) is 0.653. The molecule has 0 aliphatic heterocycles. The van der Waals surface area contributed by atoms with Gasteiger partial charge in [-0.15, -0.1) is 0 Å². The van der Waals surface area contributed by atoms with Gasteiger partial charge >= 0.3 is 12.1 Å². The molecule has 31 heavy (non-hydrogen) atoms. The second-order valence-electron chi connectivity index (χ2n) is 6.44. The van der Waals surface area contributed by atoms with Gasteiger partial charge in [-0.3, -0.25) is 0 Å². The SMILES string of the molecule is COc1ccccc1NC(=O)N(CCC#N)N(CCC#N)C(=O)Nc1ccccc1C. The number of nitrogens with one attached hydrogen (secondary N) is 2. The van der Waals surface area contributed by atoms with Crippen molar-refractivity contribution in [3.8, 4) is 17.9 Å². The summed E-state index contributed by atoms with van der Waals surface area (Å²) in [5, 5.41) is 25.8. The van der Waals surface area contributed by atoms with Crippen molar-refractivity contribution >= 4 is 23.4 Å². The first-order chi connectivity index (χ1) is 15.0.